The molecule has 1 aromatic carbocycles. The van der Waals surface area contributed by atoms with Crippen LogP contribution in [-0.4, -0.2) is 6.36 Å². The lowest BCUT2D eigenvalue weighted by Gasteiger charge is -2.11. The van der Waals surface area contributed by atoms with Crippen molar-refractivity contribution in [2.45, 2.75) is 18.8 Å². The summed E-state index contributed by atoms with van der Waals surface area (Å²) in [6.07, 6.45) is -4.23. The number of halogens is 4. The molecule has 2 N–H and O–H groups in total. The molecule has 1 unspecified atom stereocenters. The highest BCUT2D eigenvalue weighted by atomic mass is 79.9. The summed E-state index contributed by atoms with van der Waals surface area (Å²) in [5.74, 6) is 0.350. The molecule has 7 heteroatoms. The maximum atomic E-state index is 12.0. The minimum Gasteiger partial charge on any atom is -0.453 e. The number of alkyl halides is 3. The molecule has 0 aliphatic rings. The molecule has 0 aliphatic heterocycles. The van der Waals surface area contributed by atoms with Gasteiger partial charge in [0.05, 0.1) is 6.04 Å². The molecule has 0 bridgehead atoms. The smallest absolute Gasteiger partial charge is 0.453 e. The Hall–Kier alpha value is -1.47. The van der Waals surface area contributed by atoms with Crippen molar-refractivity contribution in [1.82, 2.24) is 0 Å². The first-order valence-corrected chi connectivity index (χ1v) is 6.48. The predicted molar refractivity (Wildman–Crippen MR) is 70.2 cm³/mol. The van der Waals surface area contributed by atoms with Crippen LogP contribution in [-0.2, 0) is 6.42 Å². The van der Waals surface area contributed by atoms with E-state index >= 15 is 0 Å². The second-order valence-electron chi connectivity index (χ2n) is 4.14. The van der Waals surface area contributed by atoms with Crippen molar-refractivity contribution in [2.24, 2.45) is 5.73 Å². The largest absolute Gasteiger partial charge is 0.573 e. The molecule has 1 atom stereocenters. The molecule has 3 nitrogen and oxygen atoms in total. The molecular weight excluding hydrogens is 339 g/mol. The Morgan fingerprint density at radius 3 is 2.30 bits per heavy atom. The Labute approximate surface area is 121 Å². The molecule has 0 radical (unpaired) electrons. The highest BCUT2D eigenvalue weighted by molar-refractivity contribution is 9.10. The van der Waals surface area contributed by atoms with Gasteiger partial charge in [0.25, 0.3) is 0 Å². The molecule has 0 amide bonds. The number of benzene rings is 1. The van der Waals surface area contributed by atoms with Gasteiger partial charge in [-0.1, -0.05) is 12.1 Å². The summed E-state index contributed by atoms with van der Waals surface area (Å²) >= 11 is 3.18. The number of hydrogen-bond acceptors (Lipinski definition) is 3. The Balaban J connectivity index is 2.00. The Morgan fingerprint density at radius 1 is 1.15 bits per heavy atom. The van der Waals surface area contributed by atoms with Crippen LogP contribution in [0, 0.1) is 0 Å². The topological polar surface area (TPSA) is 48.4 Å². The molecule has 0 saturated carbocycles. The minimum absolute atomic E-state index is 0.254. The molecule has 0 aliphatic carbocycles. The summed E-state index contributed by atoms with van der Waals surface area (Å²) in [6.45, 7) is 0. The van der Waals surface area contributed by atoms with Gasteiger partial charge >= 0.3 is 6.36 Å². The molecule has 1 aromatic heterocycles. The molecule has 0 spiro atoms. The summed E-state index contributed by atoms with van der Waals surface area (Å²) in [6, 6.07) is 8.71. The van der Waals surface area contributed by atoms with Crippen molar-refractivity contribution in [2.75, 3.05) is 0 Å². The fourth-order valence-electron chi connectivity index (χ4n) is 1.71. The normalized spacial score (nSPS) is 13.2. The highest BCUT2D eigenvalue weighted by Crippen LogP contribution is 2.25. The van der Waals surface area contributed by atoms with Gasteiger partial charge in [-0.3, -0.25) is 0 Å². The zero-order chi connectivity index (χ0) is 14.8. The number of rotatable bonds is 4. The van der Waals surface area contributed by atoms with Crippen molar-refractivity contribution in [1.29, 1.82) is 0 Å². The third-order valence-corrected chi connectivity index (χ3v) is 3.00. The van der Waals surface area contributed by atoms with Crippen LogP contribution >= 0.6 is 15.9 Å². The van der Waals surface area contributed by atoms with Crippen LogP contribution in [0.1, 0.15) is 17.4 Å². The number of nitrogens with two attached hydrogens (primary N) is 1. The van der Waals surface area contributed by atoms with Gasteiger partial charge in [-0.15, -0.1) is 13.2 Å². The van der Waals surface area contributed by atoms with E-state index in [1.54, 1.807) is 24.3 Å². The molecule has 2 aromatic rings. The molecule has 2 rings (SSSR count). The lowest BCUT2D eigenvalue weighted by Crippen LogP contribution is -2.17. The van der Waals surface area contributed by atoms with Crippen molar-refractivity contribution in [3.05, 3.63) is 52.4 Å². The van der Waals surface area contributed by atoms with E-state index in [9.17, 15) is 13.2 Å². The molecule has 108 valence electrons. The van der Waals surface area contributed by atoms with Gasteiger partial charge in [0.15, 0.2) is 4.67 Å². The molecular formula is C13H11BrF3NO2. The standard InChI is InChI=1S/C13H11BrF3NO2/c14-12-6-5-11(19-12)10(18)7-8-1-3-9(4-2-8)20-13(15,16)17/h1-6,10H,7,18H2. The molecule has 20 heavy (non-hydrogen) atoms. The number of hydrogen-bond donors (Lipinski definition) is 1. The summed E-state index contributed by atoms with van der Waals surface area (Å²) in [4.78, 5) is 0. The van der Waals surface area contributed by atoms with Crippen molar-refractivity contribution < 1.29 is 22.3 Å². The van der Waals surface area contributed by atoms with Crippen LogP contribution < -0.4 is 10.5 Å². The monoisotopic (exact) mass is 349 g/mol. The first-order chi connectivity index (χ1) is 9.33. The molecule has 0 fully saturated rings. The second-order valence-corrected chi connectivity index (χ2v) is 4.93. The summed E-state index contributed by atoms with van der Waals surface area (Å²) in [5.41, 5.74) is 6.75. The van der Waals surface area contributed by atoms with E-state index in [4.69, 9.17) is 10.2 Å². The van der Waals surface area contributed by atoms with Gasteiger partial charge < -0.3 is 14.9 Å². The summed E-state index contributed by atoms with van der Waals surface area (Å²) in [5, 5.41) is 0. The first-order valence-electron chi connectivity index (χ1n) is 5.69. The van der Waals surface area contributed by atoms with E-state index in [1.807, 2.05) is 0 Å². The average molecular weight is 350 g/mol. The maximum absolute atomic E-state index is 12.0. The van der Waals surface area contributed by atoms with E-state index < -0.39 is 6.36 Å². The van der Waals surface area contributed by atoms with E-state index in [2.05, 4.69) is 20.7 Å². The van der Waals surface area contributed by atoms with Crippen LogP contribution in [0.15, 0.2) is 45.5 Å². The summed E-state index contributed by atoms with van der Waals surface area (Å²) in [7, 11) is 0. The van der Waals surface area contributed by atoms with Gasteiger partial charge in [0.2, 0.25) is 0 Å². The minimum atomic E-state index is -4.68. The van der Waals surface area contributed by atoms with Gasteiger partial charge in [0.1, 0.15) is 11.5 Å². The third kappa shape index (κ3) is 4.28. The maximum Gasteiger partial charge on any atom is 0.573 e. The van der Waals surface area contributed by atoms with Gasteiger partial charge in [-0.25, -0.2) is 0 Å². The van der Waals surface area contributed by atoms with Crippen LogP contribution in [0.4, 0.5) is 13.2 Å². The number of ether oxygens (including phenoxy) is 1. The zero-order valence-corrected chi connectivity index (χ0v) is 11.7. The Bertz CT molecular complexity index is 566. The Morgan fingerprint density at radius 2 is 1.80 bits per heavy atom. The fourth-order valence-corrected chi connectivity index (χ4v) is 2.03. The average Bonchev–Trinajstić information content (AvgIpc) is 2.77. The quantitative estimate of drug-likeness (QED) is 0.900. The fraction of sp³-hybridized carbons (Fsp3) is 0.231. The summed E-state index contributed by atoms with van der Waals surface area (Å²) < 4.78 is 45.7. The van der Waals surface area contributed by atoms with E-state index in [1.165, 1.54) is 12.1 Å². The SMILES string of the molecule is NC(Cc1ccc(OC(F)(F)F)cc1)c1ccc(Br)o1. The molecule has 0 saturated heterocycles. The predicted octanol–water partition coefficient (Wildman–Crippen LogP) is 4.18. The van der Waals surface area contributed by atoms with Crippen molar-refractivity contribution in [3.63, 3.8) is 0 Å². The lowest BCUT2D eigenvalue weighted by atomic mass is 10.0. The van der Waals surface area contributed by atoms with E-state index in [0.29, 0.717) is 16.9 Å². The highest BCUT2D eigenvalue weighted by Gasteiger charge is 2.30. The Kier molecular flexibility index (Phi) is 4.39. The van der Waals surface area contributed by atoms with Gasteiger partial charge in [-0.2, -0.15) is 0 Å². The van der Waals surface area contributed by atoms with E-state index in [0.717, 1.165) is 5.56 Å². The second kappa shape index (κ2) is 5.88. The lowest BCUT2D eigenvalue weighted by molar-refractivity contribution is -0.274. The van der Waals surface area contributed by atoms with Gasteiger partial charge in [-0.05, 0) is 52.2 Å². The van der Waals surface area contributed by atoms with Crippen LogP contribution in [0.2, 0.25) is 0 Å². The third-order valence-electron chi connectivity index (χ3n) is 2.57. The number of furan rings is 1. The first kappa shape index (κ1) is 14.9. The van der Waals surface area contributed by atoms with Crippen LogP contribution in [0.5, 0.6) is 5.75 Å². The van der Waals surface area contributed by atoms with E-state index in [-0.39, 0.29) is 11.8 Å². The van der Waals surface area contributed by atoms with Crippen molar-refractivity contribution >= 4 is 15.9 Å². The van der Waals surface area contributed by atoms with Crippen LogP contribution in [0.3, 0.4) is 0 Å². The molecule has 1 heterocycles. The van der Waals surface area contributed by atoms with Gasteiger partial charge in [0, 0.05) is 0 Å². The van der Waals surface area contributed by atoms with Crippen molar-refractivity contribution in [3.8, 4) is 5.75 Å². The van der Waals surface area contributed by atoms with Crippen LogP contribution in [0.25, 0.3) is 0 Å². The zero-order valence-electron chi connectivity index (χ0n) is 10.2.